The van der Waals surface area contributed by atoms with Crippen LogP contribution >= 0.6 is 0 Å². The van der Waals surface area contributed by atoms with Gasteiger partial charge in [-0.1, -0.05) is 30.3 Å². The van der Waals surface area contributed by atoms with Crippen LogP contribution in [0.1, 0.15) is 16.7 Å². The molecule has 2 amide bonds. The van der Waals surface area contributed by atoms with Gasteiger partial charge in [0.15, 0.2) is 0 Å². The van der Waals surface area contributed by atoms with Gasteiger partial charge < -0.3 is 14.8 Å². The minimum absolute atomic E-state index is 0.111. The summed E-state index contributed by atoms with van der Waals surface area (Å²) in [5.74, 6) is 0.233. The van der Waals surface area contributed by atoms with E-state index >= 15 is 0 Å². The lowest BCUT2D eigenvalue weighted by Gasteiger charge is -2.16. The number of rotatable bonds is 7. The van der Waals surface area contributed by atoms with E-state index in [1.807, 2.05) is 37.3 Å². The highest BCUT2D eigenvalue weighted by atomic mass is 16.5. The summed E-state index contributed by atoms with van der Waals surface area (Å²) in [4.78, 5) is 32.3. The Balaban J connectivity index is 1.82. The minimum Gasteiger partial charge on any atom is -0.496 e. The van der Waals surface area contributed by atoms with Crippen LogP contribution in [0.5, 0.6) is 11.5 Å². The van der Waals surface area contributed by atoms with Gasteiger partial charge in [-0.2, -0.15) is 0 Å². The van der Waals surface area contributed by atoms with E-state index in [2.05, 4.69) is 10.3 Å². The maximum absolute atomic E-state index is 13.5. The molecule has 0 saturated heterocycles. The zero-order valence-electron chi connectivity index (χ0n) is 18.1. The number of amides is 2. The molecule has 1 aliphatic heterocycles. The Morgan fingerprint density at radius 3 is 2.44 bits per heavy atom. The van der Waals surface area contributed by atoms with E-state index < -0.39 is 11.8 Å². The van der Waals surface area contributed by atoms with Gasteiger partial charge in [0.05, 0.1) is 32.0 Å². The van der Waals surface area contributed by atoms with Gasteiger partial charge in [0.1, 0.15) is 17.2 Å². The Hall–Kier alpha value is -4.13. The molecular formula is C25H23N3O4. The molecule has 2 aromatic carbocycles. The van der Waals surface area contributed by atoms with Crippen LogP contribution in [0.2, 0.25) is 0 Å². The lowest BCUT2D eigenvalue weighted by atomic mass is 10.0. The number of hydrogen-bond donors (Lipinski definition) is 1. The highest BCUT2D eigenvalue weighted by Crippen LogP contribution is 2.37. The number of pyridine rings is 1. The average Bonchev–Trinajstić information content (AvgIpc) is 3.04. The van der Waals surface area contributed by atoms with Crippen LogP contribution in [0.15, 0.2) is 72.7 Å². The smallest absolute Gasteiger partial charge is 0.278 e. The minimum atomic E-state index is -0.427. The molecule has 1 aromatic heterocycles. The number of imide groups is 1. The number of anilines is 1. The van der Waals surface area contributed by atoms with Crippen molar-refractivity contribution in [3.8, 4) is 11.5 Å². The van der Waals surface area contributed by atoms with Crippen molar-refractivity contribution in [2.24, 2.45) is 0 Å². The molecule has 0 unspecified atom stereocenters. The number of hydrogen-bond acceptors (Lipinski definition) is 6. The monoisotopic (exact) mass is 429 g/mol. The number of carbonyl (C=O) groups is 2. The first-order chi connectivity index (χ1) is 15.5. The van der Waals surface area contributed by atoms with Crippen LogP contribution in [0.4, 0.5) is 5.69 Å². The fourth-order valence-electron chi connectivity index (χ4n) is 3.67. The van der Waals surface area contributed by atoms with Gasteiger partial charge in [0.2, 0.25) is 0 Å². The second kappa shape index (κ2) is 8.93. The van der Waals surface area contributed by atoms with Gasteiger partial charge >= 0.3 is 0 Å². The molecule has 3 aromatic rings. The Labute approximate surface area is 186 Å². The van der Waals surface area contributed by atoms with Crippen molar-refractivity contribution in [1.29, 1.82) is 0 Å². The Kier molecular flexibility index (Phi) is 5.89. The predicted molar refractivity (Wildman–Crippen MR) is 121 cm³/mol. The van der Waals surface area contributed by atoms with Gasteiger partial charge in [-0.3, -0.25) is 19.5 Å². The first-order valence-electron chi connectivity index (χ1n) is 10.1. The molecule has 32 heavy (non-hydrogen) atoms. The van der Waals surface area contributed by atoms with Gasteiger partial charge in [0.25, 0.3) is 11.8 Å². The van der Waals surface area contributed by atoms with E-state index in [1.165, 1.54) is 12.0 Å². The highest BCUT2D eigenvalue weighted by Gasteiger charge is 2.40. The molecule has 1 aliphatic rings. The summed E-state index contributed by atoms with van der Waals surface area (Å²) in [6.45, 7) is 2.05. The quantitative estimate of drug-likeness (QED) is 0.576. The van der Waals surface area contributed by atoms with E-state index in [1.54, 1.807) is 43.8 Å². The van der Waals surface area contributed by atoms with Gasteiger partial charge in [-0.25, -0.2) is 0 Å². The van der Waals surface area contributed by atoms with Crippen molar-refractivity contribution < 1.29 is 19.1 Å². The number of carbonyl (C=O) groups excluding carboxylic acids is 2. The zero-order valence-corrected chi connectivity index (χ0v) is 18.1. The summed E-state index contributed by atoms with van der Waals surface area (Å²) >= 11 is 0. The SMILES string of the molecule is COc1ccc(C)cc1NC1=C(c2ccccc2OC)C(=O)N(Cc2cccnc2)C1=O. The maximum Gasteiger partial charge on any atom is 0.278 e. The summed E-state index contributed by atoms with van der Waals surface area (Å²) in [7, 11) is 3.09. The maximum atomic E-state index is 13.5. The number of methoxy groups -OCH3 is 2. The normalized spacial score (nSPS) is 13.5. The van der Waals surface area contributed by atoms with Gasteiger partial charge in [-0.15, -0.1) is 0 Å². The number of nitrogens with one attached hydrogen (secondary N) is 1. The Morgan fingerprint density at radius 2 is 1.72 bits per heavy atom. The van der Waals surface area contributed by atoms with Crippen LogP contribution in [0.25, 0.3) is 5.57 Å². The van der Waals surface area contributed by atoms with E-state index in [0.717, 1.165) is 11.1 Å². The van der Waals surface area contributed by atoms with E-state index in [0.29, 0.717) is 22.7 Å². The number of para-hydroxylation sites is 1. The second-order valence-electron chi connectivity index (χ2n) is 7.34. The largest absolute Gasteiger partial charge is 0.496 e. The standard InChI is InChI=1S/C25H23N3O4/c1-16-10-11-21(32-3)19(13-16)27-23-22(18-8-4-5-9-20(18)31-2)24(29)28(25(23)30)15-17-7-6-12-26-14-17/h4-14,27H,15H2,1-3H3. The molecule has 1 N–H and O–H groups in total. The molecule has 0 atom stereocenters. The number of ether oxygens (including phenoxy) is 2. The van der Waals surface area contributed by atoms with Crippen LogP contribution < -0.4 is 14.8 Å². The molecule has 0 fully saturated rings. The third-order valence-corrected chi connectivity index (χ3v) is 5.22. The summed E-state index contributed by atoms with van der Waals surface area (Å²) in [5, 5.41) is 3.17. The van der Waals surface area contributed by atoms with Gasteiger partial charge in [0, 0.05) is 18.0 Å². The Bertz CT molecular complexity index is 1200. The molecule has 0 radical (unpaired) electrons. The van der Waals surface area contributed by atoms with Gasteiger partial charge in [-0.05, 0) is 42.3 Å². The lowest BCUT2D eigenvalue weighted by Crippen LogP contribution is -2.32. The molecular weight excluding hydrogens is 406 g/mol. The van der Waals surface area contributed by atoms with Crippen molar-refractivity contribution >= 4 is 23.1 Å². The molecule has 0 spiro atoms. The predicted octanol–water partition coefficient (Wildman–Crippen LogP) is 3.80. The molecule has 4 rings (SSSR count). The van der Waals surface area contributed by atoms with E-state index in [4.69, 9.17) is 9.47 Å². The second-order valence-corrected chi connectivity index (χ2v) is 7.34. The van der Waals surface area contributed by atoms with Crippen molar-refractivity contribution in [2.75, 3.05) is 19.5 Å². The Morgan fingerprint density at radius 1 is 0.938 bits per heavy atom. The van der Waals surface area contributed by atoms with Crippen molar-refractivity contribution in [1.82, 2.24) is 9.88 Å². The highest BCUT2D eigenvalue weighted by molar-refractivity contribution is 6.37. The van der Waals surface area contributed by atoms with Crippen LogP contribution in [-0.4, -0.2) is 35.9 Å². The lowest BCUT2D eigenvalue weighted by molar-refractivity contribution is -0.137. The number of aromatic nitrogens is 1. The zero-order chi connectivity index (χ0) is 22.7. The molecule has 162 valence electrons. The fraction of sp³-hybridized carbons (Fsp3) is 0.160. The molecule has 2 heterocycles. The molecule has 0 saturated carbocycles. The fourth-order valence-corrected chi connectivity index (χ4v) is 3.67. The average molecular weight is 429 g/mol. The third-order valence-electron chi connectivity index (χ3n) is 5.22. The number of benzene rings is 2. The number of aryl methyl sites for hydroxylation is 1. The number of nitrogens with zero attached hydrogens (tertiary/aromatic N) is 2. The first-order valence-corrected chi connectivity index (χ1v) is 10.1. The van der Waals surface area contributed by atoms with Crippen molar-refractivity contribution in [2.45, 2.75) is 13.5 Å². The van der Waals surface area contributed by atoms with Crippen LogP contribution in [0, 0.1) is 6.92 Å². The molecule has 7 heteroatoms. The van der Waals surface area contributed by atoms with Crippen LogP contribution in [0.3, 0.4) is 0 Å². The van der Waals surface area contributed by atoms with E-state index in [-0.39, 0.29) is 17.8 Å². The van der Waals surface area contributed by atoms with Crippen molar-refractivity contribution in [3.05, 3.63) is 89.4 Å². The summed E-state index contributed by atoms with van der Waals surface area (Å²) in [6, 6.07) is 16.3. The first kappa shape index (κ1) is 21.1. The molecule has 0 aliphatic carbocycles. The van der Waals surface area contributed by atoms with Crippen molar-refractivity contribution in [3.63, 3.8) is 0 Å². The third kappa shape index (κ3) is 3.92. The summed E-state index contributed by atoms with van der Waals surface area (Å²) in [5.41, 5.74) is 3.29. The van der Waals surface area contributed by atoms with Crippen LogP contribution in [-0.2, 0) is 16.1 Å². The summed E-state index contributed by atoms with van der Waals surface area (Å²) < 4.78 is 10.9. The molecule has 0 bridgehead atoms. The van der Waals surface area contributed by atoms with E-state index in [9.17, 15) is 9.59 Å². The molecule has 7 nitrogen and oxygen atoms in total. The topological polar surface area (TPSA) is 80.8 Å². The summed E-state index contributed by atoms with van der Waals surface area (Å²) in [6.07, 6.45) is 3.28.